The van der Waals surface area contributed by atoms with Crippen LogP contribution >= 0.6 is 0 Å². The number of nitrogens with zero attached hydrogens (tertiary/aromatic N) is 4. The van der Waals surface area contributed by atoms with Crippen molar-refractivity contribution in [3.8, 4) is 0 Å². The third-order valence-corrected chi connectivity index (χ3v) is 4.81. The molecular weight excluding hydrogens is 288 g/mol. The SMILES string of the molecule is CCC(CO)N1CCN(Cc2nc(C)c3ccccc3n2)CC1. The van der Waals surface area contributed by atoms with E-state index in [0.29, 0.717) is 6.04 Å². The minimum atomic E-state index is 0.253. The molecule has 5 nitrogen and oxygen atoms in total. The zero-order chi connectivity index (χ0) is 16.2. The fourth-order valence-corrected chi connectivity index (χ4v) is 3.36. The second-order valence-corrected chi connectivity index (χ2v) is 6.30. The molecule has 1 fully saturated rings. The van der Waals surface area contributed by atoms with Gasteiger partial charge < -0.3 is 5.11 Å². The Morgan fingerprint density at radius 2 is 1.87 bits per heavy atom. The van der Waals surface area contributed by atoms with Crippen molar-refractivity contribution in [3.05, 3.63) is 35.8 Å². The second kappa shape index (κ2) is 7.34. The summed E-state index contributed by atoms with van der Waals surface area (Å²) in [5, 5.41) is 10.6. The van der Waals surface area contributed by atoms with Gasteiger partial charge in [0.05, 0.1) is 18.7 Å². The third kappa shape index (κ3) is 3.68. The summed E-state index contributed by atoms with van der Waals surface area (Å²) >= 11 is 0. The first-order valence-corrected chi connectivity index (χ1v) is 8.50. The number of aryl methyl sites for hydroxylation is 1. The highest BCUT2D eigenvalue weighted by atomic mass is 16.3. The van der Waals surface area contributed by atoms with Crippen molar-refractivity contribution >= 4 is 10.9 Å². The zero-order valence-corrected chi connectivity index (χ0v) is 14.1. The molecule has 0 bridgehead atoms. The van der Waals surface area contributed by atoms with E-state index in [2.05, 4.69) is 40.8 Å². The highest BCUT2D eigenvalue weighted by Gasteiger charge is 2.22. The van der Waals surface area contributed by atoms with Gasteiger partial charge in [0.15, 0.2) is 0 Å². The van der Waals surface area contributed by atoms with E-state index in [0.717, 1.165) is 61.6 Å². The van der Waals surface area contributed by atoms with Gasteiger partial charge in [-0.05, 0) is 19.4 Å². The lowest BCUT2D eigenvalue weighted by molar-refractivity contribution is 0.0599. The summed E-state index contributed by atoms with van der Waals surface area (Å²) < 4.78 is 0. The zero-order valence-electron chi connectivity index (χ0n) is 14.1. The molecule has 124 valence electrons. The van der Waals surface area contributed by atoms with Gasteiger partial charge in [-0.3, -0.25) is 9.80 Å². The van der Waals surface area contributed by atoms with Crippen LogP contribution < -0.4 is 0 Å². The molecule has 0 aliphatic carbocycles. The molecule has 1 aliphatic heterocycles. The first kappa shape index (κ1) is 16.3. The van der Waals surface area contributed by atoms with E-state index in [9.17, 15) is 5.11 Å². The maximum absolute atomic E-state index is 9.44. The maximum Gasteiger partial charge on any atom is 0.143 e. The molecule has 2 aromatic rings. The summed E-state index contributed by atoms with van der Waals surface area (Å²) in [4.78, 5) is 14.2. The molecule has 1 unspecified atom stereocenters. The van der Waals surface area contributed by atoms with Gasteiger partial charge in [-0.1, -0.05) is 25.1 Å². The summed E-state index contributed by atoms with van der Waals surface area (Å²) in [5.41, 5.74) is 2.08. The van der Waals surface area contributed by atoms with Gasteiger partial charge in [0.25, 0.3) is 0 Å². The molecule has 0 amide bonds. The highest BCUT2D eigenvalue weighted by molar-refractivity contribution is 5.80. The van der Waals surface area contributed by atoms with E-state index < -0.39 is 0 Å². The van der Waals surface area contributed by atoms with E-state index in [1.54, 1.807) is 0 Å². The number of piperazine rings is 1. The molecule has 0 radical (unpaired) electrons. The molecule has 1 aromatic heterocycles. The smallest absolute Gasteiger partial charge is 0.143 e. The molecule has 3 rings (SSSR count). The molecule has 0 spiro atoms. The van der Waals surface area contributed by atoms with Crippen LogP contribution in [-0.2, 0) is 6.54 Å². The Morgan fingerprint density at radius 3 is 2.57 bits per heavy atom. The largest absolute Gasteiger partial charge is 0.395 e. The average Bonchev–Trinajstić information content (AvgIpc) is 2.57. The number of benzene rings is 1. The number of aliphatic hydroxyl groups is 1. The van der Waals surface area contributed by atoms with Gasteiger partial charge in [-0.15, -0.1) is 0 Å². The third-order valence-electron chi connectivity index (χ3n) is 4.81. The monoisotopic (exact) mass is 314 g/mol. The molecule has 0 saturated carbocycles. The lowest BCUT2D eigenvalue weighted by Crippen LogP contribution is -2.51. The van der Waals surface area contributed by atoms with E-state index in [1.807, 2.05) is 12.1 Å². The number of aromatic nitrogens is 2. The number of hydrogen-bond donors (Lipinski definition) is 1. The summed E-state index contributed by atoms with van der Waals surface area (Å²) in [6, 6.07) is 8.49. The molecule has 5 heteroatoms. The van der Waals surface area contributed by atoms with Crippen molar-refractivity contribution in [2.45, 2.75) is 32.9 Å². The molecule has 1 saturated heterocycles. The van der Waals surface area contributed by atoms with Gasteiger partial charge in [0, 0.05) is 43.3 Å². The summed E-state index contributed by atoms with van der Waals surface area (Å²) in [5.74, 6) is 0.906. The number of aliphatic hydroxyl groups excluding tert-OH is 1. The number of fused-ring (bicyclic) bond motifs is 1. The molecular formula is C18H26N4O. The van der Waals surface area contributed by atoms with Crippen molar-refractivity contribution in [3.63, 3.8) is 0 Å². The van der Waals surface area contributed by atoms with Crippen LogP contribution in [0.15, 0.2) is 24.3 Å². The van der Waals surface area contributed by atoms with Crippen LogP contribution in [0.4, 0.5) is 0 Å². The van der Waals surface area contributed by atoms with Crippen molar-refractivity contribution in [2.75, 3.05) is 32.8 Å². The maximum atomic E-state index is 9.44. The number of para-hydroxylation sites is 1. The summed E-state index contributed by atoms with van der Waals surface area (Å²) in [6.07, 6.45) is 1.00. The Kier molecular flexibility index (Phi) is 5.20. The quantitative estimate of drug-likeness (QED) is 0.912. The molecule has 1 N–H and O–H groups in total. The Morgan fingerprint density at radius 1 is 1.13 bits per heavy atom. The van der Waals surface area contributed by atoms with Crippen LogP contribution in [0.2, 0.25) is 0 Å². The Bertz CT molecular complexity index is 649. The Balaban J connectivity index is 1.65. The molecule has 1 aliphatic rings. The molecule has 1 atom stereocenters. The molecule has 1 aromatic carbocycles. The van der Waals surface area contributed by atoms with Crippen molar-refractivity contribution in [1.82, 2.24) is 19.8 Å². The fourth-order valence-electron chi connectivity index (χ4n) is 3.36. The van der Waals surface area contributed by atoms with Gasteiger partial charge in [-0.2, -0.15) is 0 Å². The van der Waals surface area contributed by atoms with Crippen molar-refractivity contribution in [1.29, 1.82) is 0 Å². The van der Waals surface area contributed by atoms with Crippen LogP contribution in [0.1, 0.15) is 24.9 Å². The lowest BCUT2D eigenvalue weighted by Gasteiger charge is -2.38. The standard InChI is InChI=1S/C18H26N4O/c1-3-15(13-23)22-10-8-21(9-11-22)12-18-19-14(2)16-6-4-5-7-17(16)20-18/h4-7,15,23H,3,8-13H2,1-2H3. The van der Waals surface area contributed by atoms with E-state index in [-0.39, 0.29) is 6.61 Å². The van der Waals surface area contributed by atoms with Gasteiger partial charge in [0.1, 0.15) is 5.82 Å². The highest BCUT2D eigenvalue weighted by Crippen LogP contribution is 2.16. The topological polar surface area (TPSA) is 52.5 Å². The van der Waals surface area contributed by atoms with Crippen LogP contribution in [0, 0.1) is 6.92 Å². The second-order valence-electron chi connectivity index (χ2n) is 6.30. The average molecular weight is 314 g/mol. The van der Waals surface area contributed by atoms with E-state index >= 15 is 0 Å². The lowest BCUT2D eigenvalue weighted by atomic mass is 10.1. The van der Waals surface area contributed by atoms with Crippen LogP contribution in [0.3, 0.4) is 0 Å². The number of hydrogen-bond acceptors (Lipinski definition) is 5. The number of rotatable bonds is 5. The Hall–Kier alpha value is -1.56. The van der Waals surface area contributed by atoms with E-state index in [1.165, 1.54) is 0 Å². The Labute approximate surface area is 138 Å². The first-order valence-electron chi connectivity index (χ1n) is 8.50. The van der Waals surface area contributed by atoms with Crippen LogP contribution in [0.25, 0.3) is 10.9 Å². The van der Waals surface area contributed by atoms with Crippen molar-refractivity contribution in [2.24, 2.45) is 0 Å². The van der Waals surface area contributed by atoms with Crippen molar-refractivity contribution < 1.29 is 5.11 Å². The molecule has 2 heterocycles. The van der Waals surface area contributed by atoms with Crippen LogP contribution in [-0.4, -0.2) is 63.7 Å². The fraction of sp³-hybridized carbons (Fsp3) is 0.556. The van der Waals surface area contributed by atoms with Gasteiger partial charge >= 0.3 is 0 Å². The minimum Gasteiger partial charge on any atom is -0.395 e. The molecule has 23 heavy (non-hydrogen) atoms. The van der Waals surface area contributed by atoms with Crippen LogP contribution in [0.5, 0.6) is 0 Å². The van der Waals surface area contributed by atoms with Gasteiger partial charge in [0.2, 0.25) is 0 Å². The normalized spacial score (nSPS) is 18.4. The summed E-state index contributed by atoms with van der Waals surface area (Å²) in [7, 11) is 0. The summed E-state index contributed by atoms with van der Waals surface area (Å²) in [6.45, 7) is 9.27. The predicted molar refractivity (Wildman–Crippen MR) is 92.3 cm³/mol. The predicted octanol–water partition coefficient (Wildman–Crippen LogP) is 1.83. The van der Waals surface area contributed by atoms with Gasteiger partial charge in [-0.25, -0.2) is 9.97 Å². The minimum absolute atomic E-state index is 0.253. The first-order chi connectivity index (χ1) is 11.2. The van der Waals surface area contributed by atoms with E-state index in [4.69, 9.17) is 4.98 Å².